The fraction of sp³-hybridized carbons (Fsp3) is 0.350. The van der Waals surface area contributed by atoms with Crippen LogP contribution in [-0.4, -0.2) is 39.2 Å². The Balaban J connectivity index is 1.69. The highest BCUT2D eigenvalue weighted by Crippen LogP contribution is 2.14. The van der Waals surface area contributed by atoms with Gasteiger partial charge in [-0.15, -0.1) is 0 Å². The molecule has 0 spiro atoms. The molecule has 0 aliphatic carbocycles. The zero-order valence-electron chi connectivity index (χ0n) is 16.1. The molecule has 0 aliphatic rings. The number of nitrogens with one attached hydrogen (secondary N) is 1. The van der Waals surface area contributed by atoms with Crippen LogP contribution in [0, 0.1) is 13.8 Å². The number of carbonyl (C=O) groups is 1. The van der Waals surface area contributed by atoms with Crippen molar-refractivity contribution in [2.75, 3.05) is 13.7 Å². The minimum atomic E-state index is -0.260. The number of hydrogen-bond donors (Lipinski definition) is 1. The average Bonchev–Trinajstić information content (AvgIpc) is 3.20. The summed E-state index contributed by atoms with van der Waals surface area (Å²) in [6, 6.07) is 11.3. The highest BCUT2D eigenvalue weighted by Gasteiger charge is 2.18. The molecular formula is C20H25N5O2. The lowest BCUT2D eigenvalue weighted by molar-refractivity contribution is 0.0892. The Morgan fingerprint density at radius 2 is 1.96 bits per heavy atom. The Labute approximate surface area is 159 Å². The van der Waals surface area contributed by atoms with Crippen LogP contribution in [0.25, 0.3) is 0 Å². The molecule has 3 rings (SSSR count). The third-order valence-corrected chi connectivity index (χ3v) is 4.51. The van der Waals surface area contributed by atoms with E-state index in [4.69, 9.17) is 4.74 Å². The van der Waals surface area contributed by atoms with Crippen molar-refractivity contribution in [2.24, 2.45) is 7.05 Å². The van der Waals surface area contributed by atoms with E-state index < -0.39 is 0 Å². The van der Waals surface area contributed by atoms with Crippen molar-refractivity contribution in [3.8, 4) is 0 Å². The monoisotopic (exact) mass is 367 g/mol. The van der Waals surface area contributed by atoms with Crippen molar-refractivity contribution in [1.82, 2.24) is 24.9 Å². The number of ether oxygens (including phenoxy) is 1. The largest absolute Gasteiger partial charge is 0.382 e. The van der Waals surface area contributed by atoms with E-state index in [1.807, 2.05) is 55.9 Å². The molecule has 0 unspecified atom stereocenters. The maximum Gasteiger partial charge on any atom is 0.251 e. The topological polar surface area (TPSA) is 74.0 Å². The summed E-state index contributed by atoms with van der Waals surface area (Å²) >= 11 is 0. The molecule has 27 heavy (non-hydrogen) atoms. The van der Waals surface area contributed by atoms with E-state index in [0.29, 0.717) is 18.7 Å². The minimum Gasteiger partial charge on any atom is -0.382 e. The molecule has 0 aliphatic heterocycles. The van der Waals surface area contributed by atoms with Gasteiger partial charge in [-0.25, -0.2) is 0 Å². The van der Waals surface area contributed by atoms with Gasteiger partial charge >= 0.3 is 0 Å². The summed E-state index contributed by atoms with van der Waals surface area (Å²) in [5.41, 5.74) is 4.72. The lowest BCUT2D eigenvalue weighted by Gasteiger charge is -2.18. The van der Waals surface area contributed by atoms with Crippen LogP contribution in [-0.2, 0) is 18.3 Å². The summed E-state index contributed by atoms with van der Waals surface area (Å²) in [6.07, 6.45) is 1.71. The van der Waals surface area contributed by atoms with Crippen LogP contribution in [0.15, 0.2) is 42.6 Å². The Bertz CT molecular complexity index is 911. The van der Waals surface area contributed by atoms with Crippen LogP contribution in [0.3, 0.4) is 0 Å². The van der Waals surface area contributed by atoms with Crippen LogP contribution in [0.1, 0.15) is 39.0 Å². The van der Waals surface area contributed by atoms with E-state index >= 15 is 0 Å². The molecule has 0 fully saturated rings. The maximum atomic E-state index is 12.6. The number of rotatable bonds is 7. The molecule has 7 nitrogen and oxygen atoms in total. The van der Waals surface area contributed by atoms with Crippen molar-refractivity contribution in [3.05, 3.63) is 70.8 Å². The van der Waals surface area contributed by atoms with E-state index in [1.165, 1.54) is 0 Å². The fourth-order valence-electron chi connectivity index (χ4n) is 3.10. The number of hydrogen-bond acceptors (Lipinski definition) is 4. The molecule has 2 heterocycles. The summed E-state index contributed by atoms with van der Waals surface area (Å²) in [7, 11) is 3.46. The van der Waals surface area contributed by atoms with Gasteiger partial charge in [0.25, 0.3) is 5.91 Å². The van der Waals surface area contributed by atoms with Gasteiger partial charge in [0.1, 0.15) is 0 Å². The van der Waals surface area contributed by atoms with Gasteiger partial charge in [-0.2, -0.15) is 10.2 Å². The molecular weight excluding hydrogens is 342 g/mol. The van der Waals surface area contributed by atoms with Gasteiger partial charge in [0.05, 0.1) is 30.6 Å². The van der Waals surface area contributed by atoms with Crippen LogP contribution in [0.2, 0.25) is 0 Å². The quantitative estimate of drug-likeness (QED) is 0.696. The van der Waals surface area contributed by atoms with Crippen LogP contribution >= 0.6 is 0 Å². The molecule has 7 heteroatoms. The number of benzene rings is 1. The number of carbonyl (C=O) groups excluding carboxylic acids is 1. The summed E-state index contributed by atoms with van der Waals surface area (Å²) in [5, 5.41) is 11.7. The van der Waals surface area contributed by atoms with Gasteiger partial charge in [0.15, 0.2) is 0 Å². The van der Waals surface area contributed by atoms with Crippen LogP contribution < -0.4 is 5.32 Å². The van der Waals surface area contributed by atoms with Gasteiger partial charge in [0.2, 0.25) is 0 Å². The zero-order chi connectivity index (χ0) is 19.4. The summed E-state index contributed by atoms with van der Waals surface area (Å²) in [4.78, 5) is 12.6. The van der Waals surface area contributed by atoms with E-state index in [1.54, 1.807) is 18.0 Å². The molecule has 1 amide bonds. The Kier molecular flexibility index (Phi) is 5.71. The standard InChI is InChI=1S/C20H25N5O2/c1-14-11-15(2)25(23-14)12-16-5-7-17(8-6-16)20(26)22-18(13-27-4)19-9-10-21-24(19)3/h5-11,18H,12-13H2,1-4H3,(H,22,26)/t18-/m0/s1. The van der Waals surface area contributed by atoms with Crippen molar-refractivity contribution < 1.29 is 9.53 Å². The number of amides is 1. The highest BCUT2D eigenvalue weighted by molar-refractivity contribution is 5.94. The van der Waals surface area contributed by atoms with Crippen molar-refractivity contribution in [3.63, 3.8) is 0 Å². The maximum absolute atomic E-state index is 12.6. The normalized spacial score (nSPS) is 12.1. The second kappa shape index (κ2) is 8.18. The first-order chi connectivity index (χ1) is 13.0. The average molecular weight is 367 g/mol. The van der Waals surface area contributed by atoms with Crippen molar-refractivity contribution in [1.29, 1.82) is 0 Å². The van der Waals surface area contributed by atoms with Gasteiger partial charge in [-0.05, 0) is 43.7 Å². The first-order valence-electron chi connectivity index (χ1n) is 8.85. The van der Waals surface area contributed by atoms with Gasteiger partial charge in [-0.3, -0.25) is 14.2 Å². The molecule has 0 bridgehead atoms. The summed E-state index contributed by atoms with van der Waals surface area (Å²) in [6.45, 7) is 5.08. The van der Waals surface area contributed by atoms with E-state index in [0.717, 1.165) is 22.6 Å². The Hall–Kier alpha value is -2.93. The van der Waals surface area contributed by atoms with Crippen molar-refractivity contribution in [2.45, 2.75) is 26.4 Å². The van der Waals surface area contributed by atoms with E-state index in [9.17, 15) is 4.79 Å². The minimum absolute atomic E-state index is 0.143. The number of nitrogens with zero attached hydrogens (tertiary/aromatic N) is 4. The third kappa shape index (κ3) is 4.43. The number of methoxy groups -OCH3 is 1. The Morgan fingerprint density at radius 1 is 1.22 bits per heavy atom. The highest BCUT2D eigenvalue weighted by atomic mass is 16.5. The zero-order valence-corrected chi connectivity index (χ0v) is 16.1. The smallest absolute Gasteiger partial charge is 0.251 e. The van der Waals surface area contributed by atoms with Crippen molar-refractivity contribution >= 4 is 5.91 Å². The molecule has 0 saturated carbocycles. The fourth-order valence-corrected chi connectivity index (χ4v) is 3.10. The molecule has 1 atom stereocenters. The summed E-state index contributed by atoms with van der Waals surface area (Å²) in [5.74, 6) is -0.143. The molecule has 2 aromatic heterocycles. The SMILES string of the molecule is COC[C@H](NC(=O)c1ccc(Cn2nc(C)cc2C)cc1)c1ccnn1C. The second-order valence-electron chi connectivity index (χ2n) is 6.64. The van der Waals surface area contributed by atoms with E-state index in [-0.39, 0.29) is 11.9 Å². The number of aromatic nitrogens is 4. The Morgan fingerprint density at radius 3 is 2.52 bits per heavy atom. The van der Waals surface area contributed by atoms with Gasteiger partial charge < -0.3 is 10.1 Å². The molecule has 0 saturated heterocycles. The summed E-state index contributed by atoms with van der Waals surface area (Å²) < 4.78 is 8.95. The predicted molar refractivity (Wildman–Crippen MR) is 103 cm³/mol. The van der Waals surface area contributed by atoms with E-state index in [2.05, 4.69) is 21.6 Å². The molecule has 1 aromatic carbocycles. The number of aryl methyl sites for hydroxylation is 3. The first kappa shape index (κ1) is 18.8. The third-order valence-electron chi connectivity index (χ3n) is 4.51. The predicted octanol–water partition coefficient (Wildman–Crippen LogP) is 2.40. The molecule has 0 radical (unpaired) electrons. The second-order valence-corrected chi connectivity index (χ2v) is 6.64. The van der Waals surface area contributed by atoms with Gasteiger partial charge in [-0.1, -0.05) is 12.1 Å². The van der Waals surface area contributed by atoms with Crippen LogP contribution in [0.4, 0.5) is 0 Å². The lowest BCUT2D eigenvalue weighted by atomic mass is 10.1. The lowest BCUT2D eigenvalue weighted by Crippen LogP contribution is -2.32. The van der Waals surface area contributed by atoms with Gasteiger partial charge in [0, 0.05) is 31.6 Å². The molecule has 1 N–H and O–H groups in total. The molecule has 142 valence electrons. The molecule has 3 aromatic rings. The van der Waals surface area contributed by atoms with Crippen LogP contribution in [0.5, 0.6) is 0 Å². The first-order valence-corrected chi connectivity index (χ1v) is 8.85.